The van der Waals surface area contributed by atoms with Crippen molar-refractivity contribution in [3.63, 3.8) is 0 Å². The second-order valence-corrected chi connectivity index (χ2v) is 12.4. The summed E-state index contributed by atoms with van der Waals surface area (Å²) >= 11 is 0. The number of hydrogen-bond donors (Lipinski definition) is 0. The smallest absolute Gasteiger partial charge is 0.351 e. The van der Waals surface area contributed by atoms with E-state index < -0.39 is 30.2 Å². The van der Waals surface area contributed by atoms with Gasteiger partial charge in [0.2, 0.25) is 0 Å². The molecule has 0 unspecified atom stereocenters. The van der Waals surface area contributed by atoms with E-state index in [0.717, 1.165) is 55.5 Å². The van der Waals surface area contributed by atoms with Crippen LogP contribution >= 0.6 is 0 Å². The normalized spacial score (nSPS) is 19.0. The van der Waals surface area contributed by atoms with Crippen LogP contribution in [0.3, 0.4) is 0 Å². The summed E-state index contributed by atoms with van der Waals surface area (Å²) in [7, 11) is 0. The van der Waals surface area contributed by atoms with E-state index in [-0.39, 0.29) is 6.61 Å². The van der Waals surface area contributed by atoms with Gasteiger partial charge >= 0.3 is 5.69 Å². The second kappa shape index (κ2) is 17.0. The average molecular weight is 653 g/mol. The van der Waals surface area contributed by atoms with Crippen LogP contribution in [0.15, 0.2) is 94.8 Å². The lowest BCUT2D eigenvalue weighted by molar-refractivity contribution is -0.0474. The summed E-state index contributed by atoms with van der Waals surface area (Å²) in [6.07, 6.45) is 5.06. The Morgan fingerprint density at radius 3 is 1.81 bits per heavy atom. The van der Waals surface area contributed by atoms with Crippen LogP contribution < -0.4 is 19.9 Å². The highest BCUT2D eigenvalue weighted by atomic mass is 16.6. The highest BCUT2D eigenvalue weighted by molar-refractivity contribution is 5.59. The Bertz CT molecular complexity index is 1650. The molecule has 1 aliphatic heterocycles. The number of aromatic nitrogens is 2. The van der Waals surface area contributed by atoms with E-state index in [1.54, 1.807) is 18.6 Å². The lowest BCUT2D eigenvalue weighted by Gasteiger charge is -2.26. The monoisotopic (exact) mass is 652 g/mol. The zero-order valence-electron chi connectivity index (χ0n) is 28.7. The highest BCUT2D eigenvalue weighted by Gasteiger charge is 2.50. The fourth-order valence-electron chi connectivity index (χ4n) is 5.45. The lowest BCUT2D eigenvalue weighted by Crippen LogP contribution is -2.44. The molecule has 5 rings (SSSR count). The SMILES string of the molecule is CCCCN(C=Nc1ccn([C@@H]2O[C@H](COc3ccc(C)cc3)[C@@H](Oc3ccc(C)cc3)[C@H]2Oc2ccc(C)cc2)c(=O)n1)CCCC. The van der Waals surface area contributed by atoms with Gasteiger partial charge in [-0.25, -0.2) is 9.79 Å². The molecular weight excluding hydrogens is 604 g/mol. The molecule has 4 aromatic rings. The van der Waals surface area contributed by atoms with Crippen LogP contribution in [0.1, 0.15) is 62.4 Å². The van der Waals surface area contributed by atoms with Crippen molar-refractivity contribution in [3.8, 4) is 17.2 Å². The number of rotatable bonds is 16. The quantitative estimate of drug-likeness (QED) is 0.0910. The fourth-order valence-corrected chi connectivity index (χ4v) is 5.45. The number of nitrogens with zero attached hydrogens (tertiary/aromatic N) is 4. The summed E-state index contributed by atoms with van der Waals surface area (Å²) in [6, 6.07) is 25.2. The molecule has 0 N–H and O–H groups in total. The Morgan fingerprint density at radius 1 is 0.771 bits per heavy atom. The van der Waals surface area contributed by atoms with Gasteiger partial charge in [-0.05, 0) is 76.1 Å². The largest absolute Gasteiger partial charge is 0.491 e. The molecule has 0 saturated carbocycles. The molecule has 4 atom stereocenters. The predicted octanol–water partition coefficient (Wildman–Crippen LogP) is 7.60. The topological polar surface area (TPSA) is 87.4 Å². The van der Waals surface area contributed by atoms with Gasteiger partial charge in [-0.1, -0.05) is 79.8 Å². The van der Waals surface area contributed by atoms with Gasteiger partial charge in [0.15, 0.2) is 24.3 Å². The summed E-state index contributed by atoms with van der Waals surface area (Å²) in [5, 5.41) is 0. The molecule has 0 radical (unpaired) electrons. The van der Waals surface area contributed by atoms with Crippen LogP contribution in [0.4, 0.5) is 5.82 Å². The second-order valence-electron chi connectivity index (χ2n) is 12.4. The van der Waals surface area contributed by atoms with Crippen molar-refractivity contribution in [1.82, 2.24) is 14.5 Å². The summed E-state index contributed by atoms with van der Waals surface area (Å²) < 4.78 is 27.5. The minimum atomic E-state index is -0.850. The molecule has 1 saturated heterocycles. The number of aryl methyl sites for hydroxylation is 3. The first-order valence-corrected chi connectivity index (χ1v) is 17.0. The van der Waals surface area contributed by atoms with Crippen molar-refractivity contribution in [1.29, 1.82) is 0 Å². The van der Waals surface area contributed by atoms with E-state index in [4.69, 9.17) is 18.9 Å². The molecule has 1 aromatic heterocycles. The third-order valence-electron chi connectivity index (χ3n) is 8.35. The maximum Gasteiger partial charge on any atom is 0.351 e. The molecule has 0 aliphatic carbocycles. The zero-order valence-corrected chi connectivity index (χ0v) is 28.7. The van der Waals surface area contributed by atoms with E-state index in [1.807, 2.05) is 93.6 Å². The Hall–Kier alpha value is -4.63. The highest BCUT2D eigenvalue weighted by Crippen LogP contribution is 2.35. The predicted molar refractivity (Wildman–Crippen MR) is 190 cm³/mol. The fraction of sp³-hybridized carbons (Fsp3) is 0.410. The van der Waals surface area contributed by atoms with Crippen LogP contribution in [0, 0.1) is 20.8 Å². The van der Waals surface area contributed by atoms with Crippen molar-refractivity contribution >= 4 is 12.2 Å². The first kappa shape index (κ1) is 34.7. The number of benzene rings is 3. The number of hydrogen-bond acceptors (Lipinski definition) is 7. The number of aliphatic imine (C=N–C) groups is 1. The van der Waals surface area contributed by atoms with Crippen molar-refractivity contribution in [2.24, 2.45) is 4.99 Å². The van der Waals surface area contributed by atoms with E-state index in [9.17, 15) is 4.79 Å². The standard InChI is InChI=1S/C39H48N4O5/c1-6-8-23-42(24-9-7-2)27-40-35-22-25-43(39(44)41-35)38-37(47-33-20-14-30(5)15-21-33)36(46-32-18-12-29(4)13-19-32)34(48-38)26-45-31-16-10-28(3)11-17-31/h10-22,25,27,34,36-38H,6-9,23-24,26H2,1-5H3/t34-,36-,37-,38-/m1/s1. The average Bonchev–Trinajstić information content (AvgIpc) is 3.41. The molecule has 1 fully saturated rings. The molecule has 9 heteroatoms. The van der Waals surface area contributed by atoms with Gasteiger partial charge < -0.3 is 23.8 Å². The van der Waals surface area contributed by atoms with Gasteiger partial charge in [0, 0.05) is 19.3 Å². The third-order valence-corrected chi connectivity index (χ3v) is 8.35. The minimum absolute atomic E-state index is 0.180. The molecule has 9 nitrogen and oxygen atoms in total. The summed E-state index contributed by atoms with van der Waals surface area (Å²) in [5.41, 5.74) is 2.88. The molecule has 48 heavy (non-hydrogen) atoms. The van der Waals surface area contributed by atoms with E-state index in [0.29, 0.717) is 23.1 Å². The minimum Gasteiger partial charge on any atom is -0.491 e. The molecule has 254 valence electrons. The zero-order chi connectivity index (χ0) is 33.9. The van der Waals surface area contributed by atoms with Crippen molar-refractivity contribution in [2.45, 2.75) is 84.8 Å². The van der Waals surface area contributed by atoms with E-state index in [2.05, 4.69) is 28.7 Å². The van der Waals surface area contributed by atoms with E-state index >= 15 is 0 Å². The van der Waals surface area contributed by atoms with Crippen LogP contribution in [0.2, 0.25) is 0 Å². The first-order chi connectivity index (χ1) is 23.3. The summed E-state index contributed by atoms with van der Waals surface area (Å²) in [6.45, 7) is 12.4. The van der Waals surface area contributed by atoms with Crippen LogP contribution in [0.5, 0.6) is 17.2 Å². The molecule has 0 bridgehead atoms. The van der Waals surface area contributed by atoms with Gasteiger partial charge in [0.05, 0.1) is 6.34 Å². The third kappa shape index (κ3) is 9.47. The maximum atomic E-state index is 13.6. The Kier molecular flexibility index (Phi) is 12.3. The lowest BCUT2D eigenvalue weighted by atomic mass is 10.1. The molecule has 0 amide bonds. The van der Waals surface area contributed by atoms with Crippen LogP contribution in [-0.4, -0.2) is 58.8 Å². The van der Waals surface area contributed by atoms with Crippen molar-refractivity contribution in [2.75, 3.05) is 19.7 Å². The summed E-state index contributed by atoms with van der Waals surface area (Å²) in [4.78, 5) is 24.7. The van der Waals surface area contributed by atoms with Gasteiger partial charge in [-0.3, -0.25) is 4.57 Å². The van der Waals surface area contributed by atoms with Gasteiger partial charge in [-0.15, -0.1) is 0 Å². The Balaban J connectivity index is 1.46. The van der Waals surface area contributed by atoms with Crippen LogP contribution in [0.25, 0.3) is 0 Å². The molecule has 2 heterocycles. The molecule has 3 aromatic carbocycles. The number of unbranched alkanes of at least 4 members (excludes halogenated alkanes) is 2. The number of ether oxygens (including phenoxy) is 4. The Morgan fingerprint density at radius 2 is 1.29 bits per heavy atom. The molecular formula is C39H48N4O5. The maximum absolute atomic E-state index is 13.6. The van der Waals surface area contributed by atoms with Crippen molar-refractivity contribution < 1.29 is 18.9 Å². The van der Waals surface area contributed by atoms with Gasteiger partial charge in [0.25, 0.3) is 0 Å². The summed E-state index contributed by atoms with van der Waals surface area (Å²) in [5.74, 6) is 2.36. The van der Waals surface area contributed by atoms with Gasteiger partial charge in [-0.2, -0.15) is 4.98 Å². The van der Waals surface area contributed by atoms with Crippen molar-refractivity contribution in [3.05, 3.63) is 112 Å². The van der Waals surface area contributed by atoms with Crippen LogP contribution in [-0.2, 0) is 4.74 Å². The van der Waals surface area contributed by atoms with Gasteiger partial charge in [0.1, 0.15) is 30.0 Å². The Labute approximate surface area is 284 Å². The van der Waals surface area contributed by atoms with E-state index in [1.165, 1.54) is 4.57 Å². The first-order valence-electron chi connectivity index (χ1n) is 17.0. The molecule has 0 spiro atoms. The molecule has 1 aliphatic rings.